The standard InChI is InChI=1S/C21H32O9/c1-9-11(28-19-16(25)15(24)14(23)12(8-22)29-19)4-5-20(3)6-7-21(27)10(2)18(26)30-17(21)13(9)20/h10-12,14-17,19,22-25,27H,4-8H2,1-3H3. The summed E-state index contributed by atoms with van der Waals surface area (Å²) < 4.78 is 17.1. The molecule has 0 aromatic rings. The van der Waals surface area contributed by atoms with Gasteiger partial charge in [-0.1, -0.05) is 6.92 Å². The zero-order valence-electron chi connectivity index (χ0n) is 17.5. The molecular weight excluding hydrogens is 396 g/mol. The molecule has 2 saturated heterocycles. The fourth-order valence-electron chi connectivity index (χ4n) is 5.63. The van der Waals surface area contributed by atoms with Crippen molar-refractivity contribution in [3.05, 3.63) is 11.1 Å². The van der Waals surface area contributed by atoms with E-state index in [0.29, 0.717) is 12.8 Å². The Morgan fingerprint density at radius 3 is 2.50 bits per heavy atom. The molecule has 0 aromatic heterocycles. The Bertz CT molecular complexity index is 736. The van der Waals surface area contributed by atoms with Crippen LogP contribution in [-0.2, 0) is 19.0 Å². The maximum atomic E-state index is 12.2. The van der Waals surface area contributed by atoms with E-state index < -0.39 is 67.0 Å². The van der Waals surface area contributed by atoms with Crippen molar-refractivity contribution in [2.45, 2.75) is 95.0 Å². The zero-order valence-corrected chi connectivity index (χ0v) is 17.5. The molecule has 0 spiro atoms. The van der Waals surface area contributed by atoms with Crippen LogP contribution in [0.1, 0.15) is 46.5 Å². The van der Waals surface area contributed by atoms with Gasteiger partial charge in [0, 0.05) is 0 Å². The van der Waals surface area contributed by atoms with E-state index in [2.05, 4.69) is 6.92 Å². The molecule has 5 N–H and O–H groups in total. The number of aliphatic hydroxyl groups excluding tert-OH is 4. The number of ether oxygens (including phenoxy) is 3. The molecule has 10 atom stereocenters. The summed E-state index contributed by atoms with van der Waals surface area (Å²) in [6, 6.07) is 0. The quantitative estimate of drug-likeness (QED) is 0.293. The van der Waals surface area contributed by atoms with Gasteiger partial charge in [-0.15, -0.1) is 0 Å². The molecule has 0 radical (unpaired) electrons. The monoisotopic (exact) mass is 428 g/mol. The molecule has 3 fully saturated rings. The summed E-state index contributed by atoms with van der Waals surface area (Å²) in [5.74, 6) is -1.02. The SMILES string of the molecule is CC1=C2C3OC(=O)C(C)C3(O)CCC2(C)CCC1OC1OC(CO)C(O)C(O)C1O. The molecule has 0 bridgehead atoms. The second-order valence-electron chi connectivity index (χ2n) is 9.55. The van der Waals surface area contributed by atoms with Crippen molar-refractivity contribution in [3.8, 4) is 0 Å². The van der Waals surface area contributed by atoms with Gasteiger partial charge < -0.3 is 39.7 Å². The van der Waals surface area contributed by atoms with Crippen LogP contribution in [0.4, 0.5) is 0 Å². The van der Waals surface area contributed by atoms with Gasteiger partial charge in [-0.3, -0.25) is 4.79 Å². The van der Waals surface area contributed by atoms with E-state index in [4.69, 9.17) is 14.2 Å². The minimum absolute atomic E-state index is 0.236. The third-order valence-electron chi connectivity index (χ3n) is 7.79. The van der Waals surface area contributed by atoms with Gasteiger partial charge in [-0.05, 0) is 56.1 Å². The summed E-state index contributed by atoms with van der Waals surface area (Å²) in [6.45, 7) is 5.12. The maximum Gasteiger partial charge on any atom is 0.312 e. The predicted octanol–water partition coefficient (Wildman–Crippen LogP) is -0.625. The molecular formula is C21H32O9. The lowest BCUT2D eigenvalue weighted by Gasteiger charge is -2.51. The van der Waals surface area contributed by atoms with Crippen LogP contribution in [0.3, 0.4) is 0 Å². The number of hydrogen-bond donors (Lipinski definition) is 5. The van der Waals surface area contributed by atoms with Gasteiger partial charge in [0.2, 0.25) is 0 Å². The Morgan fingerprint density at radius 2 is 1.83 bits per heavy atom. The molecule has 0 amide bonds. The van der Waals surface area contributed by atoms with E-state index in [9.17, 15) is 30.3 Å². The van der Waals surface area contributed by atoms with Crippen LogP contribution < -0.4 is 0 Å². The summed E-state index contributed by atoms with van der Waals surface area (Å²) in [4.78, 5) is 12.2. The third kappa shape index (κ3) is 3.14. The van der Waals surface area contributed by atoms with Crippen LogP contribution in [-0.4, -0.2) is 86.6 Å². The summed E-state index contributed by atoms with van der Waals surface area (Å²) >= 11 is 0. The van der Waals surface area contributed by atoms with E-state index >= 15 is 0 Å². The fourth-order valence-corrected chi connectivity index (χ4v) is 5.63. The molecule has 0 aromatic carbocycles. The Morgan fingerprint density at radius 1 is 1.13 bits per heavy atom. The van der Waals surface area contributed by atoms with E-state index in [-0.39, 0.29) is 5.41 Å². The van der Waals surface area contributed by atoms with Crippen LogP contribution in [0, 0.1) is 11.3 Å². The molecule has 9 nitrogen and oxygen atoms in total. The highest BCUT2D eigenvalue weighted by Crippen LogP contribution is 2.57. The average Bonchev–Trinajstić information content (AvgIpc) is 2.94. The largest absolute Gasteiger partial charge is 0.454 e. The van der Waals surface area contributed by atoms with Gasteiger partial charge in [0.1, 0.15) is 30.0 Å². The highest BCUT2D eigenvalue weighted by molar-refractivity contribution is 5.77. The third-order valence-corrected chi connectivity index (χ3v) is 7.79. The lowest BCUT2D eigenvalue weighted by molar-refractivity contribution is -0.309. The molecule has 4 rings (SSSR count). The summed E-state index contributed by atoms with van der Waals surface area (Å²) in [5, 5.41) is 50.9. The van der Waals surface area contributed by atoms with Crippen molar-refractivity contribution in [1.29, 1.82) is 0 Å². The van der Waals surface area contributed by atoms with Gasteiger partial charge in [0.25, 0.3) is 0 Å². The fraction of sp³-hybridized carbons (Fsp3) is 0.857. The Balaban J connectivity index is 1.62. The molecule has 2 aliphatic carbocycles. The zero-order chi connectivity index (χ0) is 22.0. The molecule has 2 aliphatic heterocycles. The van der Waals surface area contributed by atoms with Crippen LogP contribution in [0.25, 0.3) is 0 Å². The maximum absolute atomic E-state index is 12.2. The number of esters is 1. The van der Waals surface area contributed by atoms with E-state index in [1.807, 2.05) is 6.92 Å². The van der Waals surface area contributed by atoms with E-state index in [0.717, 1.165) is 24.0 Å². The van der Waals surface area contributed by atoms with Crippen molar-refractivity contribution in [2.24, 2.45) is 11.3 Å². The molecule has 2 heterocycles. The number of rotatable bonds is 3. The Labute approximate surface area is 175 Å². The van der Waals surface area contributed by atoms with Gasteiger partial charge in [-0.2, -0.15) is 0 Å². The van der Waals surface area contributed by atoms with Crippen molar-refractivity contribution >= 4 is 5.97 Å². The van der Waals surface area contributed by atoms with Crippen LogP contribution in [0.15, 0.2) is 11.1 Å². The van der Waals surface area contributed by atoms with Crippen LogP contribution >= 0.6 is 0 Å². The highest BCUT2D eigenvalue weighted by atomic mass is 16.7. The first kappa shape index (κ1) is 22.1. The molecule has 10 unspecified atom stereocenters. The van der Waals surface area contributed by atoms with Gasteiger partial charge in [0.05, 0.1) is 18.6 Å². The number of fused-ring (bicyclic) bond motifs is 3. The minimum atomic E-state index is -1.51. The molecule has 1 saturated carbocycles. The first-order valence-corrected chi connectivity index (χ1v) is 10.6. The summed E-state index contributed by atoms with van der Waals surface area (Å²) in [7, 11) is 0. The molecule has 4 aliphatic rings. The average molecular weight is 428 g/mol. The normalized spacial score (nSPS) is 51.4. The second-order valence-corrected chi connectivity index (χ2v) is 9.55. The number of hydrogen-bond acceptors (Lipinski definition) is 9. The molecule has 9 heteroatoms. The first-order valence-electron chi connectivity index (χ1n) is 10.6. The predicted molar refractivity (Wildman–Crippen MR) is 102 cm³/mol. The van der Waals surface area contributed by atoms with E-state index in [1.54, 1.807) is 6.92 Å². The minimum Gasteiger partial charge on any atom is -0.454 e. The Hall–Kier alpha value is -1.07. The van der Waals surface area contributed by atoms with Crippen LogP contribution in [0.2, 0.25) is 0 Å². The lowest BCUT2D eigenvalue weighted by Crippen LogP contribution is -2.60. The van der Waals surface area contributed by atoms with Crippen molar-refractivity contribution < 1.29 is 44.5 Å². The lowest BCUT2D eigenvalue weighted by atomic mass is 9.57. The summed E-state index contributed by atoms with van der Waals surface area (Å²) in [5.41, 5.74) is 0.180. The molecule has 170 valence electrons. The highest BCUT2D eigenvalue weighted by Gasteiger charge is 2.62. The number of aliphatic hydroxyl groups is 5. The van der Waals surface area contributed by atoms with E-state index in [1.165, 1.54) is 0 Å². The topological polar surface area (TPSA) is 146 Å². The van der Waals surface area contributed by atoms with Crippen molar-refractivity contribution in [3.63, 3.8) is 0 Å². The van der Waals surface area contributed by atoms with Crippen LogP contribution in [0.5, 0.6) is 0 Å². The number of carbonyl (C=O) groups is 1. The Kier molecular flexibility index (Phi) is 5.54. The van der Waals surface area contributed by atoms with Crippen molar-refractivity contribution in [1.82, 2.24) is 0 Å². The van der Waals surface area contributed by atoms with Gasteiger partial charge in [0.15, 0.2) is 12.4 Å². The number of carbonyl (C=O) groups excluding carboxylic acids is 1. The second kappa shape index (κ2) is 7.51. The molecule has 30 heavy (non-hydrogen) atoms. The van der Waals surface area contributed by atoms with Gasteiger partial charge >= 0.3 is 5.97 Å². The smallest absolute Gasteiger partial charge is 0.312 e. The first-order chi connectivity index (χ1) is 14.0. The summed E-state index contributed by atoms with van der Waals surface area (Å²) in [6.07, 6.45) is -5.41. The van der Waals surface area contributed by atoms with Crippen molar-refractivity contribution in [2.75, 3.05) is 6.61 Å². The van der Waals surface area contributed by atoms with Gasteiger partial charge in [-0.25, -0.2) is 0 Å².